The van der Waals surface area contributed by atoms with E-state index in [1.165, 1.54) is 0 Å². The Balaban J connectivity index is 2.50. The second kappa shape index (κ2) is 5.09. The minimum atomic E-state index is -1.24. The molecule has 0 radical (unpaired) electrons. The van der Waals surface area contributed by atoms with Crippen LogP contribution < -0.4 is 11.1 Å². The summed E-state index contributed by atoms with van der Waals surface area (Å²) in [5, 5.41) is 19.6. The van der Waals surface area contributed by atoms with Gasteiger partial charge in [-0.25, -0.2) is 4.79 Å². The second-order valence-electron chi connectivity index (χ2n) is 3.78. The molecule has 0 aromatic carbocycles. The zero-order chi connectivity index (χ0) is 11.4. The maximum Gasteiger partial charge on any atom is 0.328 e. The first kappa shape index (κ1) is 11.9. The quantitative estimate of drug-likeness (QED) is 0.465. The Morgan fingerprint density at radius 3 is 2.53 bits per heavy atom. The summed E-state index contributed by atoms with van der Waals surface area (Å²) in [5.74, 6) is -1.93. The maximum absolute atomic E-state index is 11.6. The van der Waals surface area contributed by atoms with Crippen LogP contribution in [0.25, 0.3) is 0 Å². The number of carbonyl (C=O) groups is 2. The summed E-state index contributed by atoms with van der Waals surface area (Å²) >= 11 is 0. The summed E-state index contributed by atoms with van der Waals surface area (Å²) in [6.45, 7) is -0.608. The van der Waals surface area contributed by atoms with E-state index in [0.29, 0.717) is 6.42 Å². The summed E-state index contributed by atoms with van der Waals surface area (Å²) in [4.78, 5) is 22.1. The molecule has 6 heteroatoms. The molecule has 5 N–H and O–H groups in total. The number of nitrogens with two attached hydrogens (primary N) is 1. The lowest BCUT2D eigenvalue weighted by atomic mass is 10.0. The average molecular weight is 216 g/mol. The minimum absolute atomic E-state index is 0.196. The van der Waals surface area contributed by atoms with Gasteiger partial charge in [0.15, 0.2) is 0 Å². The van der Waals surface area contributed by atoms with Crippen molar-refractivity contribution in [1.29, 1.82) is 0 Å². The number of nitrogens with one attached hydrogen (secondary N) is 1. The highest BCUT2D eigenvalue weighted by atomic mass is 16.4. The second-order valence-corrected chi connectivity index (χ2v) is 3.78. The van der Waals surface area contributed by atoms with E-state index in [2.05, 4.69) is 5.32 Å². The lowest BCUT2D eigenvalue weighted by Gasteiger charge is -2.18. The van der Waals surface area contributed by atoms with Gasteiger partial charge in [-0.1, -0.05) is 6.42 Å². The van der Waals surface area contributed by atoms with Crippen LogP contribution in [0.1, 0.15) is 19.3 Å². The number of aliphatic hydroxyl groups excluding tert-OH is 1. The highest BCUT2D eigenvalue weighted by Gasteiger charge is 2.32. The highest BCUT2D eigenvalue weighted by molar-refractivity contribution is 5.85. The normalized spacial score (nSPS) is 27.3. The number of rotatable bonds is 4. The molecule has 1 saturated carbocycles. The fraction of sp³-hybridized carbons (Fsp3) is 0.778. The van der Waals surface area contributed by atoms with E-state index in [4.69, 9.17) is 15.9 Å². The molecular formula is C9H16N2O4. The van der Waals surface area contributed by atoms with E-state index in [0.717, 1.165) is 12.8 Å². The first-order valence-corrected chi connectivity index (χ1v) is 4.96. The topological polar surface area (TPSA) is 113 Å². The van der Waals surface area contributed by atoms with Crippen LogP contribution in [0.2, 0.25) is 0 Å². The zero-order valence-electron chi connectivity index (χ0n) is 8.35. The number of carbonyl (C=O) groups excluding carboxylic acids is 1. The molecule has 0 aromatic heterocycles. The van der Waals surface area contributed by atoms with Crippen LogP contribution >= 0.6 is 0 Å². The molecule has 0 spiro atoms. The van der Waals surface area contributed by atoms with Crippen LogP contribution in [0.15, 0.2) is 0 Å². The van der Waals surface area contributed by atoms with Crippen molar-refractivity contribution in [2.45, 2.75) is 31.3 Å². The predicted molar refractivity (Wildman–Crippen MR) is 52.0 cm³/mol. The van der Waals surface area contributed by atoms with Crippen LogP contribution in [0.3, 0.4) is 0 Å². The summed E-state index contributed by atoms with van der Waals surface area (Å²) in [6, 6.07) is -1.43. The molecule has 0 saturated heterocycles. The van der Waals surface area contributed by atoms with E-state index in [-0.39, 0.29) is 17.9 Å². The van der Waals surface area contributed by atoms with Crippen molar-refractivity contribution in [1.82, 2.24) is 5.32 Å². The Morgan fingerprint density at radius 1 is 1.47 bits per heavy atom. The molecule has 1 rings (SSSR count). The van der Waals surface area contributed by atoms with E-state index >= 15 is 0 Å². The fourth-order valence-corrected chi connectivity index (χ4v) is 1.78. The summed E-state index contributed by atoms with van der Waals surface area (Å²) in [7, 11) is 0. The van der Waals surface area contributed by atoms with Gasteiger partial charge >= 0.3 is 5.97 Å². The van der Waals surface area contributed by atoms with Crippen molar-refractivity contribution in [3.8, 4) is 0 Å². The summed E-state index contributed by atoms with van der Waals surface area (Å²) in [5.41, 5.74) is 5.70. The highest BCUT2D eigenvalue weighted by Crippen LogP contribution is 2.23. The Labute approximate surface area is 87.5 Å². The van der Waals surface area contributed by atoms with Crippen LogP contribution in [0, 0.1) is 5.92 Å². The number of carboxylic acid groups (broad SMARTS) is 1. The molecule has 0 heterocycles. The van der Waals surface area contributed by atoms with Gasteiger partial charge < -0.3 is 21.3 Å². The molecule has 0 aromatic rings. The van der Waals surface area contributed by atoms with Crippen LogP contribution in [0.5, 0.6) is 0 Å². The third kappa shape index (κ3) is 2.90. The number of hydrogen-bond acceptors (Lipinski definition) is 4. The van der Waals surface area contributed by atoms with Gasteiger partial charge in [0.25, 0.3) is 0 Å². The smallest absolute Gasteiger partial charge is 0.328 e. The van der Waals surface area contributed by atoms with Crippen molar-refractivity contribution in [3.63, 3.8) is 0 Å². The standard InChI is InChI=1S/C9H16N2O4/c10-6-3-1-2-5(6)8(13)11-7(4-12)9(14)15/h5-7,12H,1-4,10H2,(H,11,13)(H,14,15). The molecule has 3 atom stereocenters. The van der Waals surface area contributed by atoms with Crippen LogP contribution in [-0.2, 0) is 9.59 Å². The number of hydrogen-bond donors (Lipinski definition) is 4. The third-order valence-electron chi connectivity index (χ3n) is 2.70. The van der Waals surface area contributed by atoms with E-state index in [9.17, 15) is 9.59 Å². The zero-order valence-corrected chi connectivity index (χ0v) is 8.35. The van der Waals surface area contributed by atoms with Gasteiger partial charge in [-0.3, -0.25) is 4.79 Å². The molecular weight excluding hydrogens is 200 g/mol. The summed E-state index contributed by atoms with van der Waals surface area (Å²) < 4.78 is 0. The first-order valence-electron chi connectivity index (χ1n) is 4.96. The fourth-order valence-electron chi connectivity index (χ4n) is 1.78. The van der Waals surface area contributed by atoms with E-state index < -0.39 is 18.6 Å². The van der Waals surface area contributed by atoms with Gasteiger partial charge in [-0.05, 0) is 12.8 Å². The van der Waals surface area contributed by atoms with Gasteiger partial charge in [0, 0.05) is 6.04 Å². The van der Waals surface area contributed by atoms with Crippen molar-refractivity contribution in [2.75, 3.05) is 6.61 Å². The molecule has 1 amide bonds. The Bertz CT molecular complexity index is 256. The Hall–Kier alpha value is -1.14. The van der Waals surface area contributed by atoms with Gasteiger partial charge in [0.1, 0.15) is 6.04 Å². The van der Waals surface area contributed by atoms with Gasteiger partial charge in [0.2, 0.25) is 5.91 Å². The lowest BCUT2D eigenvalue weighted by molar-refractivity contribution is -0.143. The molecule has 1 aliphatic carbocycles. The number of aliphatic hydroxyl groups is 1. The Morgan fingerprint density at radius 2 is 2.13 bits per heavy atom. The van der Waals surface area contributed by atoms with E-state index in [1.54, 1.807) is 0 Å². The van der Waals surface area contributed by atoms with Crippen molar-refractivity contribution in [2.24, 2.45) is 11.7 Å². The van der Waals surface area contributed by atoms with Gasteiger partial charge in [-0.2, -0.15) is 0 Å². The Kier molecular flexibility index (Phi) is 4.05. The first-order chi connectivity index (χ1) is 7.06. The average Bonchev–Trinajstić information content (AvgIpc) is 2.60. The SMILES string of the molecule is NC1CCCC1C(=O)NC(CO)C(=O)O. The molecule has 0 aliphatic heterocycles. The molecule has 6 nitrogen and oxygen atoms in total. The molecule has 0 bridgehead atoms. The predicted octanol–water partition coefficient (Wildman–Crippen LogP) is -1.32. The number of aliphatic carboxylic acids is 1. The van der Waals surface area contributed by atoms with E-state index in [1.807, 2.05) is 0 Å². The minimum Gasteiger partial charge on any atom is -0.480 e. The number of carboxylic acids is 1. The van der Waals surface area contributed by atoms with Gasteiger partial charge in [0.05, 0.1) is 12.5 Å². The lowest BCUT2D eigenvalue weighted by Crippen LogP contribution is -2.48. The van der Waals surface area contributed by atoms with Crippen molar-refractivity contribution >= 4 is 11.9 Å². The molecule has 1 fully saturated rings. The van der Waals surface area contributed by atoms with Gasteiger partial charge in [-0.15, -0.1) is 0 Å². The maximum atomic E-state index is 11.6. The molecule has 15 heavy (non-hydrogen) atoms. The largest absolute Gasteiger partial charge is 0.480 e. The molecule has 3 unspecified atom stereocenters. The third-order valence-corrected chi connectivity index (χ3v) is 2.70. The molecule has 1 aliphatic rings. The summed E-state index contributed by atoms with van der Waals surface area (Å²) in [6.07, 6.45) is 2.36. The van der Waals surface area contributed by atoms with Crippen molar-refractivity contribution in [3.05, 3.63) is 0 Å². The number of amides is 1. The monoisotopic (exact) mass is 216 g/mol. The van der Waals surface area contributed by atoms with Crippen LogP contribution in [-0.4, -0.2) is 40.8 Å². The van der Waals surface area contributed by atoms with Crippen LogP contribution in [0.4, 0.5) is 0 Å². The van der Waals surface area contributed by atoms with Crippen molar-refractivity contribution < 1.29 is 19.8 Å². The molecule has 86 valence electrons.